The van der Waals surface area contributed by atoms with E-state index in [-0.39, 0.29) is 11.1 Å². The molecule has 0 N–H and O–H groups in total. The third-order valence-electron chi connectivity index (χ3n) is 4.71. The summed E-state index contributed by atoms with van der Waals surface area (Å²) in [5.41, 5.74) is -2.94. The van der Waals surface area contributed by atoms with Gasteiger partial charge >= 0.3 is 5.43 Å². The maximum atomic E-state index is 11.6. The monoisotopic (exact) mass is 574 g/mol. The van der Waals surface area contributed by atoms with E-state index < -0.39 is 89.1 Å². The minimum atomic E-state index is -5.62. The molecular weight excluding hydrogens is 568 g/mol. The van der Waals surface area contributed by atoms with Crippen molar-refractivity contribution in [3.8, 4) is 11.1 Å². The molecule has 0 radical (unpaired) electrons. The minimum Gasteiger partial charge on any atom is -0.744 e. The summed E-state index contributed by atoms with van der Waals surface area (Å²) in [4.78, 5) is 5.03. The SMILES string of the molecule is O=C(Cl)OCC1c2cc(S(=O)(=O)[O-])c(S(=O)(=O)[O-])cc2-c2cc(S(=O)(=O)[O-])c(S(=O)(=O)[O-])cc21. The summed E-state index contributed by atoms with van der Waals surface area (Å²) < 4.78 is 144. The van der Waals surface area contributed by atoms with Crippen LogP contribution in [0.15, 0.2) is 43.8 Å². The zero-order chi connectivity index (χ0) is 26.0. The van der Waals surface area contributed by atoms with Crippen molar-refractivity contribution in [2.45, 2.75) is 25.5 Å². The number of hydrogen-bond acceptors (Lipinski definition) is 14. The van der Waals surface area contributed by atoms with Crippen molar-refractivity contribution in [1.82, 2.24) is 0 Å². The number of carbonyl (C=O) groups excluding carboxylic acids is 1. The lowest BCUT2D eigenvalue weighted by molar-refractivity contribution is 0.170. The second-order valence-electron chi connectivity index (χ2n) is 6.69. The maximum Gasteiger partial charge on any atom is 0.403 e. The number of halogens is 1. The molecule has 0 saturated heterocycles. The van der Waals surface area contributed by atoms with Gasteiger partial charge in [-0.3, -0.25) is 0 Å². The molecule has 1 aliphatic rings. The summed E-state index contributed by atoms with van der Waals surface area (Å²) in [6.45, 7) is -0.800. The molecule has 19 heteroatoms. The van der Waals surface area contributed by atoms with Gasteiger partial charge in [0.15, 0.2) is 0 Å². The van der Waals surface area contributed by atoms with E-state index in [0.29, 0.717) is 24.3 Å². The van der Waals surface area contributed by atoms with Crippen molar-refractivity contribution in [2.75, 3.05) is 6.61 Å². The van der Waals surface area contributed by atoms with Crippen molar-refractivity contribution >= 4 is 57.5 Å². The molecule has 1 aliphatic carbocycles. The molecule has 0 fully saturated rings. The molecule has 0 atom stereocenters. The second kappa shape index (κ2) is 8.21. The van der Waals surface area contributed by atoms with E-state index in [1.165, 1.54) is 0 Å². The summed E-state index contributed by atoms with van der Waals surface area (Å²) in [6, 6.07) is 1.67. The molecule has 0 aliphatic heterocycles. The van der Waals surface area contributed by atoms with E-state index >= 15 is 0 Å². The van der Waals surface area contributed by atoms with Crippen LogP contribution in [0.25, 0.3) is 11.1 Å². The highest BCUT2D eigenvalue weighted by Crippen LogP contribution is 2.49. The van der Waals surface area contributed by atoms with Gasteiger partial charge in [0, 0.05) is 17.5 Å². The Morgan fingerprint density at radius 2 is 0.971 bits per heavy atom. The molecule has 0 saturated carbocycles. The van der Waals surface area contributed by atoms with Crippen LogP contribution in [0.5, 0.6) is 0 Å². The van der Waals surface area contributed by atoms with Gasteiger partial charge in [-0.05, 0) is 46.5 Å². The number of hydrogen-bond donors (Lipinski definition) is 0. The standard InChI is InChI=1S/C15H11ClO14S4/c16-15(17)30-5-10-8-3-13(33(24,25)26)11(31(18,19)20)1-6(8)7-2-12(32(21,22)23)14(4-9(7)10)34(27,28)29/h1-4,10H,5H2,(H,18,19,20)(H,21,22,23)(H,24,25,26)(H,27,28,29)/p-4. The van der Waals surface area contributed by atoms with Crippen LogP contribution in [0, 0.1) is 0 Å². The van der Waals surface area contributed by atoms with Crippen LogP contribution in [-0.4, -0.2) is 63.9 Å². The smallest absolute Gasteiger partial charge is 0.403 e. The number of ether oxygens (including phenoxy) is 1. The normalized spacial score (nSPS) is 14.5. The van der Waals surface area contributed by atoms with Crippen LogP contribution in [0.2, 0.25) is 0 Å². The Morgan fingerprint density at radius 1 is 0.676 bits per heavy atom. The van der Waals surface area contributed by atoms with Crippen LogP contribution < -0.4 is 0 Å². The predicted molar refractivity (Wildman–Crippen MR) is 103 cm³/mol. The maximum absolute atomic E-state index is 11.6. The third-order valence-corrected chi connectivity index (χ3v) is 8.59. The van der Waals surface area contributed by atoms with Gasteiger partial charge in [0.1, 0.15) is 47.1 Å². The average Bonchev–Trinajstić information content (AvgIpc) is 2.94. The van der Waals surface area contributed by atoms with Gasteiger partial charge in [-0.1, -0.05) is 0 Å². The molecule has 0 aromatic heterocycles. The second-order valence-corrected chi connectivity index (χ2v) is 12.4. The lowest BCUT2D eigenvalue weighted by atomic mass is 9.98. The fourth-order valence-electron chi connectivity index (χ4n) is 3.47. The van der Waals surface area contributed by atoms with Crippen LogP contribution >= 0.6 is 11.6 Å². The Bertz CT molecular complexity index is 1560. The molecule has 3 rings (SSSR count). The van der Waals surface area contributed by atoms with Gasteiger partial charge in [-0.2, -0.15) is 0 Å². The number of carbonyl (C=O) groups is 1. The number of fused-ring (bicyclic) bond motifs is 3. The Morgan fingerprint density at radius 3 is 1.24 bits per heavy atom. The van der Waals surface area contributed by atoms with Gasteiger partial charge in [0.05, 0.1) is 19.6 Å². The Labute approximate surface area is 197 Å². The Hall–Kier alpha value is -2.16. The molecule has 0 unspecified atom stereocenters. The number of rotatable bonds is 6. The van der Waals surface area contributed by atoms with Crippen LogP contribution in [0.3, 0.4) is 0 Å². The van der Waals surface area contributed by atoms with Gasteiger partial charge in [-0.25, -0.2) is 38.5 Å². The molecule has 34 heavy (non-hydrogen) atoms. The van der Waals surface area contributed by atoms with E-state index in [2.05, 4.69) is 4.74 Å². The molecule has 0 spiro atoms. The van der Waals surface area contributed by atoms with E-state index in [9.17, 15) is 56.7 Å². The van der Waals surface area contributed by atoms with Crippen LogP contribution in [0.4, 0.5) is 4.79 Å². The van der Waals surface area contributed by atoms with E-state index in [1.807, 2.05) is 0 Å². The Kier molecular flexibility index (Phi) is 6.38. The van der Waals surface area contributed by atoms with E-state index in [4.69, 9.17) is 11.6 Å². The van der Waals surface area contributed by atoms with Crippen LogP contribution in [-0.2, 0) is 45.2 Å². The zero-order valence-electron chi connectivity index (χ0n) is 15.8. The topological polar surface area (TPSA) is 255 Å². The van der Waals surface area contributed by atoms with Crippen molar-refractivity contribution in [3.05, 3.63) is 35.4 Å². The first-order valence-electron chi connectivity index (χ1n) is 8.25. The van der Waals surface area contributed by atoms with Gasteiger partial charge < -0.3 is 22.9 Å². The molecule has 2 aromatic carbocycles. The summed E-state index contributed by atoms with van der Waals surface area (Å²) >= 11 is 5.09. The van der Waals surface area contributed by atoms with Gasteiger partial charge in [-0.15, -0.1) is 0 Å². The molecule has 186 valence electrons. The van der Waals surface area contributed by atoms with Crippen LogP contribution in [0.1, 0.15) is 17.0 Å². The molecule has 0 amide bonds. The van der Waals surface area contributed by atoms with E-state index in [1.54, 1.807) is 0 Å². The first kappa shape index (κ1) is 26.4. The molecule has 0 heterocycles. The highest BCUT2D eigenvalue weighted by molar-refractivity contribution is 7.89. The first-order chi connectivity index (χ1) is 15.2. The predicted octanol–water partition coefficient (Wildman–Crippen LogP) is -0.209. The van der Waals surface area contributed by atoms with Crippen molar-refractivity contribution in [3.63, 3.8) is 0 Å². The summed E-state index contributed by atoms with van der Waals surface area (Å²) in [5.74, 6) is -1.43. The first-order valence-corrected chi connectivity index (χ1v) is 14.3. The molecule has 0 bridgehead atoms. The van der Waals surface area contributed by atoms with Gasteiger partial charge in [0.2, 0.25) is 0 Å². The minimum absolute atomic E-state index is 0.343. The quantitative estimate of drug-likeness (QED) is 0.319. The summed E-state index contributed by atoms with van der Waals surface area (Å²) in [7, 11) is -22.4. The van der Waals surface area contributed by atoms with Crippen molar-refractivity contribution in [2.24, 2.45) is 0 Å². The largest absolute Gasteiger partial charge is 0.744 e. The summed E-state index contributed by atoms with van der Waals surface area (Å²) in [6.07, 6.45) is 0. The highest BCUT2D eigenvalue weighted by Gasteiger charge is 2.35. The van der Waals surface area contributed by atoms with E-state index in [0.717, 1.165) is 0 Å². The molecular formula is C15H7ClO14S4-4. The molecule has 2 aromatic rings. The lowest BCUT2D eigenvalue weighted by Crippen LogP contribution is -2.13. The number of benzene rings is 2. The zero-order valence-corrected chi connectivity index (χ0v) is 19.8. The lowest BCUT2D eigenvalue weighted by Gasteiger charge is -2.19. The van der Waals surface area contributed by atoms with Crippen molar-refractivity contribution in [1.29, 1.82) is 0 Å². The Balaban J connectivity index is 2.52. The fraction of sp³-hybridized carbons (Fsp3) is 0.133. The van der Waals surface area contributed by atoms with Gasteiger partial charge in [0.25, 0.3) is 0 Å². The summed E-state index contributed by atoms with van der Waals surface area (Å²) in [5, 5.41) is 0. The average molecular weight is 575 g/mol. The highest BCUT2D eigenvalue weighted by atomic mass is 35.5. The van der Waals surface area contributed by atoms with Crippen molar-refractivity contribution < 1.29 is 61.4 Å². The third kappa shape index (κ3) is 4.95. The molecule has 14 nitrogen and oxygen atoms in total. The fourth-order valence-corrected chi connectivity index (χ4v) is 7.05.